The fourth-order valence-corrected chi connectivity index (χ4v) is 3.54. The normalized spacial score (nSPS) is 25.3. The van der Waals surface area contributed by atoms with Crippen LogP contribution in [0.25, 0.3) is 0 Å². The first-order chi connectivity index (χ1) is 9.58. The van der Waals surface area contributed by atoms with E-state index >= 15 is 0 Å². The zero-order chi connectivity index (χ0) is 14.3. The van der Waals surface area contributed by atoms with E-state index in [1.807, 2.05) is 30.0 Å². The molecule has 20 heavy (non-hydrogen) atoms. The average molecular weight is 337 g/mol. The average Bonchev–Trinajstić information content (AvgIpc) is 2.83. The van der Waals surface area contributed by atoms with Crippen molar-refractivity contribution in [1.82, 2.24) is 10.2 Å². The molecule has 106 valence electrons. The van der Waals surface area contributed by atoms with Gasteiger partial charge in [0.15, 0.2) is 0 Å². The molecular weight excluding hydrogens is 320 g/mol. The first kappa shape index (κ1) is 13.6. The molecule has 2 heterocycles. The molecule has 1 N–H and O–H groups in total. The summed E-state index contributed by atoms with van der Waals surface area (Å²) in [5.41, 5.74) is 1.69. The fourth-order valence-electron chi connectivity index (χ4n) is 3.18. The molecule has 0 saturated carbocycles. The van der Waals surface area contributed by atoms with E-state index in [1.165, 1.54) is 0 Å². The molecule has 3 rings (SSSR count). The van der Waals surface area contributed by atoms with Gasteiger partial charge in [-0.05, 0) is 37.5 Å². The minimum absolute atomic E-state index is 0.0159. The number of carbonyl (C=O) groups excluding carboxylic acids is 2. The summed E-state index contributed by atoms with van der Waals surface area (Å²) in [5, 5.41) is 2.88. The number of benzene rings is 1. The van der Waals surface area contributed by atoms with E-state index in [1.54, 1.807) is 0 Å². The van der Waals surface area contributed by atoms with Crippen molar-refractivity contribution in [3.05, 3.63) is 33.8 Å². The lowest BCUT2D eigenvalue weighted by Gasteiger charge is -2.36. The number of fused-ring (bicyclic) bond motifs is 1. The minimum Gasteiger partial charge on any atom is -0.354 e. The van der Waals surface area contributed by atoms with Gasteiger partial charge < -0.3 is 10.2 Å². The number of amides is 2. The Kier molecular flexibility index (Phi) is 3.54. The van der Waals surface area contributed by atoms with Crippen LogP contribution < -0.4 is 5.32 Å². The summed E-state index contributed by atoms with van der Waals surface area (Å²) in [5.74, 6) is 0.105. The van der Waals surface area contributed by atoms with Crippen molar-refractivity contribution >= 4 is 27.7 Å². The number of piperidine rings is 1. The second kappa shape index (κ2) is 5.20. The maximum absolute atomic E-state index is 12.8. The van der Waals surface area contributed by atoms with E-state index in [9.17, 15) is 9.59 Å². The highest BCUT2D eigenvalue weighted by Gasteiger charge is 2.42. The topological polar surface area (TPSA) is 49.4 Å². The first-order valence-electron chi connectivity index (χ1n) is 6.93. The van der Waals surface area contributed by atoms with Crippen molar-refractivity contribution in [2.75, 3.05) is 13.1 Å². The monoisotopic (exact) mass is 336 g/mol. The van der Waals surface area contributed by atoms with Gasteiger partial charge in [-0.1, -0.05) is 22.0 Å². The number of hydrogen-bond acceptors (Lipinski definition) is 2. The molecule has 5 heteroatoms. The lowest BCUT2D eigenvalue weighted by molar-refractivity contribution is -0.123. The molecule has 2 atom stereocenters. The second-order valence-corrected chi connectivity index (χ2v) is 6.43. The lowest BCUT2D eigenvalue weighted by atomic mass is 9.90. The molecule has 0 bridgehead atoms. The highest BCUT2D eigenvalue weighted by atomic mass is 79.9. The van der Waals surface area contributed by atoms with Crippen molar-refractivity contribution in [1.29, 1.82) is 0 Å². The molecule has 2 saturated heterocycles. The van der Waals surface area contributed by atoms with Crippen LogP contribution in [-0.2, 0) is 4.79 Å². The molecule has 2 aliphatic heterocycles. The summed E-state index contributed by atoms with van der Waals surface area (Å²) >= 11 is 3.42. The van der Waals surface area contributed by atoms with Crippen LogP contribution in [0.1, 0.15) is 28.8 Å². The van der Waals surface area contributed by atoms with Crippen LogP contribution in [0.2, 0.25) is 0 Å². The Bertz CT molecular complexity index is 573. The van der Waals surface area contributed by atoms with E-state index in [4.69, 9.17) is 0 Å². The van der Waals surface area contributed by atoms with E-state index in [0.29, 0.717) is 6.54 Å². The molecule has 2 fully saturated rings. The van der Waals surface area contributed by atoms with Crippen LogP contribution in [0.3, 0.4) is 0 Å². The Morgan fingerprint density at radius 1 is 1.45 bits per heavy atom. The molecule has 0 aromatic heterocycles. The summed E-state index contributed by atoms with van der Waals surface area (Å²) in [6.07, 6.45) is 1.78. The van der Waals surface area contributed by atoms with Gasteiger partial charge >= 0.3 is 0 Å². The molecule has 2 aliphatic rings. The Morgan fingerprint density at radius 2 is 2.25 bits per heavy atom. The predicted molar refractivity (Wildman–Crippen MR) is 79.4 cm³/mol. The molecule has 0 spiro atoms. The number of halogens is 1. The third-order valence-electron chi connectivity index (χ3n) is 4.29. The second-order valence-electron chi connectivity index (χ2n) is 5.52. The maximum Gasteiger partial charge on any atom is 0.254 e. The molecule has 1 aromatic carbocycles. The van der Waals surface area contributed by atoms with Gasteiger partial charge in [0.2, 0.25) is 5.91 Å². The first-order valence-corrected chi connectivity index (χ1v) is 7.72. The van der Waals surface area contributed by atoms with Crippen LogP contribution in [0, 0.1) is 12.8 Å². The van der Waals surface area contributed by atoms with Gasteiger partial charge in [-0.25, -0.2) is 0 Å². The number of nitrogens with one attached hydrogen (secondary N) is 1. The number of aryl methyl sites for hydroxylation is 1. The summed E-state index contributed by atoms with van der Waals surface area (Å²) in [7, 11) is 0. The minimum atomic E-state index is -0.0276. The molecule has 2 amide bonds. The standard InChI is InChI=1S/C15H17BrN2O2/c1-9-4-5-10(16)7-12(9)15(20)18-6-2-3-11-13(18)8-17-14(11)19/h4-5,7,11,13H,2-3,6,8H2,1H3,(H,17,19)/t11-,13-/m1/s1. The van der Waals surface area contributed by atoms with Crippen molar-refractivity contribution in [2.24, 2.45) is 5.92 Å². The van der Waals surface area contributed by atoms with Gasteiger partial charge in [-0.15, -0.1) is 0 Å². The van der Waals surface area contributed by atoms with Crippen LogP contribution >= 0.6 is 15.9 Å². The predicted octanol–water partition coefficient (Wildman–Crippen LogP) is 2.11. The van der Waals surface area contributed by atoms with Gasteiger partial charge in [-0.3, -0.25) is 9.59 Å². The van der Waals surface area contributed by atoms with Crippen LogP contribution in [0.4, 0.5) is 0 Å². The maximum atomic E-state index is 12.8. The smallest absolute Gasteiger partial charge is 0.254 e. The number of likely N-dealkylation sites (tertiary alicyclic amines) is 1. The fraction of sp³-hybridized carbons (Fsp3) is 0.467. The van der Waals surface area contributed by atoms with E-state index in [2.05, 4.69) is 21.2 Å². The van der Waals surface area contributed by atoms with E-state index in [-0.39, 0.29) is 23.8 Å². The van der Waals surface area contributed by atoms with Gasteiger partial charge in [0.05, 0.1) is 12.0 Å². The van der Waals surface area contributed by atoms with Crippen molar-refractivity contribution in [3.63, 3.8) is 0 Å². The molecule has 4 nitrogen and oxygen atoms in total. The zero-order valence-corrected chi connectivity index (χ0v) is 12.9. The summed E-state index contributed by atoms with van der Waals surface area (Å²) < 4.78 is 0.903. The number of nitrogens with zero attached hydrogens (tertiary/aromatic N) is 1. The van der Waals surface area contributed by atoms with E-state index < -0.39 is 0 Å². The van der Waals surface area contributed by atoms with E-state index in [0.717, 1.165) is 35.0 Å². The third kappa shape index (κ3) is 2.24. The number of carbonyl (C=O) groups is 2. The van der Waals surface area contributed by atoms with Crippen molar-refractivity contribution in [3.8, 4) is 0 Å². The van der Waals surface area contributed by atoms with Gasteiger partial charge in [0.1, 0.15) is 0 Å². The molecule has 0 radical (unpaired) electrons. The summed E-state index contributed by atoms with van der Waals surface area (Å²) in [6.45, 7) is 3.27. The summed E-state index contributed by atoms with van der Waals surface area (Å²) in [6, 6.07) is 5.76. The van der Waals surface area contributed by atoms with Crippen molar-refractivity contribution in [2.45, 2.75) is 25.8 Å². The Hall–Kier alpha value is -1.36. The lowest BCUT2D eigenvalue weighted by Crippen LogP contribution is -2.48. The number of hydrogen-bond donors (Lipinski definition) is 1. The van der Waals surface area contributed by atoms with Crippen LogP contribution in [0.5, 0.6) is 0 Å². The largest absolute Gasteiger partial charge is 0.354 e. The van der Waals surface area contributed by atoms with Crippen molar-refractivity contribution < 1.29 is 9.59 Å². The Labute approximate surface area is 126 Å². The van der Waals surface area contributed by atoms with Crippen LogP contribution in [-0.4, -0.2) is 35.8 Å². The molecule has 0 unspecified atom stereocenters. The third-order valence-corrected chi connectivity index (χ3v) is 4.79. The number of rotatable bonds is 1. The highest BCUT2D eigenvalue weighted by molar-refractivity contribution is 9.10. The molecule has 1 aromatic rings. The van der Waals surface area contributed by atoms with Gasteiger partial charge in [0.25, 0.3) is 5.91 Å². The van der Waals surface area contributed by atoms with Gasteiger partial charge in [-0.2, -0.15) is 0 Å². The quantitative estimate of drug-likeness (QED) is 0.853. The Morgan fingerprint density at radius 3 is 3.05 bits per heavy atom. The SMILES string of the molecule is Cc1ccc(Br)cc1C(=O)N1CCC[C@H]2C(=O)NC[C@H]21. The zero-order valence-electron chi connectivity index (χ0n) is 11.4. The summed E-state index contributed by atoms with van der Waals surface area (Å²) in [4.78, 5) is 26.4. The van der Waals surface area contributed by atoms with Gasteiger partial charge in [0, 0.05) is 23.1 Å². The van der Waals surface area contributed by atoms with Crippen LogP contribution in [0.15, 0.2) is 22.7 Å². The highest BCUT2D eigenvalue weighted by Crippen LogP contribution is 2.29. The molecular formula is C15H17BrN2O2. The molecule has 0 aliphatic carbocycles. The Balaban J connectivity index is 1.90.